The number of hydrogen-bond donors (Lipinski definition) is 0. The number of aryl methyl sites for hydroxylation is 1. The lowest BCUT2D eigenvalue weighted by molar-refractivity contribution is 0.111. The summed E-state index contributed by atoms with van der Waals surface area (Å²) in [6.45, 7) is 0.464. The van der Waals surface area contributed by atoms with Gasteiger partial charge in [0.2, 0.25) is 6.79 Å². The van der Waals surface area contributed by atoms with E-state index in [1.165, 1.54) is 0 Å². The quantitative estimate of drug-likeness (QED) is 0.424. The molecule has 0 fully saturated rings. The van der Waals surface area contributed by atoms with Crippen molar-refractivity contribution in [2.24, 2.45) is 0 Å². The molecular formula is C12H13N3O6S. The van der Waals surface area contributed by atoms with Gasteiger partial charge in [-0.2, -0.15) is 8.42 Å². The van der Waals surface area contributed by atoms with Crippen LogP contribution in [0.5, 0.6) is 11.5 Å². The molecule has 0 aliphatic carbocycles. The molecule has 22 heavy (non-hydrogen) atoms. The van der Waals surface area contributed by atoms with Gasteiger partial charge in [0, 0.05) is 6.54 Å². The second kappa shape index (κ2) is 5.54. The number of aldehydes is 1. The van der Waals surface area contributed by atoms with Crippen molar-refractivity contribution in [3.63, 3.8) is 0 Å². The summed E-state index contributed by atoms with van der Waals surface area (Å²) in [5.74, 6) is 0.798. The zero-order valence-corrected chi connectivity index (χ0v) is 12.5. The number of benzene rings is 1. The van der Waals surface area contributed by atoms with Gasteiger partial charge in [-0.15, -0.1) is 5.10 Å². The van der Waals surface area contributed by atoms with Gasteiger partial charge in [-0.3, -0.25) is 8.98 Å². The number of carbonyl (C=O) groups excluding carboxylic acids is 1. The lowest BCUT2D eigenvalue weighted by Crippen LogP contribution is -2.08. The van der Waals surface area contributed by atoms with Crippen molar-refractivity contribution in [3.05, 3.63) is 11.6 Å². The first-order valence-electron chi connectivity index (χ1n) is 6.45. The van der Waals surface area contributed by atoms with Gasteiger partial charge in [0.1, 0.15) is 11.0 Å². The van der Waals surface area contributed by atoms with Crippen LogP contribution in [0.2, 0.25) is 0 Å². The van der Waals surface area contributed by atoms with Crippen LogP contribution in [0.4, 0.5) is 0 Å². The summed E-state index contributed by atoms with van der Waals surface area (Å²) in [5, 5.41) is 7.98. The molecule has 0 amide bonds. The minimum atomic E-state index is -3.46. The molecule has 3 rings (SSSR count). The van der Waals surface area contributed by atoms with E-state index >= 15 is 0 Å². The predicted octanol–water partition coefficient (Wildman–Crippen LogP) is 0.339. The van der Waals surface area contributed by atoms with Gasteiger partial charge < -0.3 is 9.47 Å². The predicted molar refractivity (Wildman–Crippen MR) is 74.5 cm³/mol. The van der Waals surface area contributed by atoms with Crippen LogP contribution in [0.15, 0.2) is 6.07 Å². The molecule has 10 heteroatoms. The number of aromatic nitrogens is 3. The third kappa shape index (κ3) is 2.74. The van der Waals surface area contributed by atoms with E-state index in [-0.39, 0.29) is 13.4 Å². The highest BCUT2D eigenvalue weighted by molar-refractivity contribution is 7.85. The fraction of sp³-hybridized carbons (Fsp3) is 0.417. The molecular weight excluding hydrogens is 314 g/mol. The van der Waals surface area contributed by atoms with Crippen LogP contribution in [0, 0.1) is 0 Å². The molecule has 0 bridgehead atoms. The molecule has 0 saturated heterocycles. The number of carbonyl (C=O) groups is 1. The van der Waals surface area contributed by atoms with Crippen molar-refractivity contribution in [3.8, 4) is 11.5 Å². The summed E-state index contributed by atoms with van der Waals surface area (Å²) in [5.41, 5.74) is 1.47. The molecule has 0 radical (unpaired) electrons. The summed E-state index contributed by atoms with van der Waals surface area (Å²) in [6, 6.07) is 1.58. The van der Waals surface area contributed by atoms with Crippen molar-refractivity contribution >= 4 is 27.4 Å². The van der Waals surface area contributed by atoms with E-state index in [0.717, 1.165) is 6.26 Å². The zero-order chi connectivity index (χ0) is 15.7. The molecule has 0 atom stereocenters. The Morgan fingerprint density at radius 2 is 2.18 bits per heavy atom. The Labute approximate surface area is 125 Å². The first-order chi connectivity index (χ1) is 10.5. The summed E-state index contributed by atoms with van der Waals surface area (Å²) in [6.07, 6.45) is 2.10. The standard InChI is InChI=1S/C12H13N3O6S/c1-22(17,18)21-4-2-3-15-10-9(13-14-15)5-8(6-16)11-12(10)20-7-19-11/h5-6H,2-4,7H2,1H3. The molecule has 9 nitrogen and oxygen atoms in total. The molecule has 1 aliphatic heterocycles. The second-order valence-electron chi connectivity index (χ2n) is 4.71. The highest BCUT2D eigenvalue weighted by Gasteiger charge is 2.25. The summed E-state index contributed by atoms with van der Waals surface area (Å²) >= 11 is 0. The molecule has 0 saturated carbocycles. The average molecular weight is 327 g/mol. The minimum absolute atomic E-state index is 0.0255. The number of ether oxygens (including phenoxy) is 2. The first-order valence-corrected chi connectivity index (χ1v) is 8.26. The first kappa shape index (κ1) is 14.7. The lowest BCUT2D eigenvalue weighted by atomic mass is 10.1. The Bertz CT molecular complexity index is 829. The fourth-order valence-electron chi connectivity index (χ4n) is 2.21. The van der Waals surface area contributed by atoms with Crippen LogP contribution < -0.4 is 9.47 Å². The summed E-state index contributed by atoms with van der Waals surface area (Å²) in [4.78, 5) is 11.1. The molecule has 2 aromatic rings. The molecule has 2 heterocycles. The number of nitrogens with zero attached hydrogens (tertiary/aromatic N) is 3. The molecule has 0 spiro atoms. The maximum atomic E-state index is 11.1. The highest BCUT2D eigenvalue weighted by Crippen LogP contribution is 2.41. The van der Waals surface area contributed by atoms with Crippen molar-refractivity contribution in [1.29, 1.82) is 0 Å². The van der Waals surface area contributed by atoms with E-state index in [9.17, 15) is 13.2 Å². The lowest BCUT2D eigenvalue weighted by Gasteiger charge is -2.05. The van der Waals surface area contributed by atoms with E-state index in [2.05, 4.69) is 14.5 Å². The SMILES string of the molecule is CS(=O)(=O)OCCCn1nnc2cc(C=O)c3c(c21)OCO3. The Morgan fingerprint density at radius 1 is 1.41 bits per heavy atom. The smallest absolute Gasteiger partial charge is 0.264 e. The van der Waals surface area contributed by atoms with Crippen LogP contribution in [-0.2, 0) is 20.8 Å². The Kier molecular flexibility index (Phi) is 3.71. The van der Waals surface area contributed by atoms with Crippen LogP contribution in [0.1, 0.15) is 16.8 Å². The maximum absolute atomic E-state index is 11.1. The molecule has 0 unspecified atom stereocenters. The Hall–Kier alpha value is -2.20. The van der Waals surface area contributed by atoms with Gasteiger partial charge in [-0.05, 0) is 12.5 Å². The molecule has 118 valence electrons. The zero-order valence-electron chi connectivity index (χ0n) is 11.7. The van der Waals surface area contributed by atoms with Crippen LogP contribution >= 0.6 is 0 Å². The molecule has 1 aromatic heterocycles. The number of fused-ring (bicyclic) bond motifs is 3. The number of rotatable bonds is 6. The van der Waals surface area contributed by atoms with Crippen molar-refractivity contribution < 1.29 is 26.9 Å². The van der Waals surface area contributed by atoms with E-state index in [1.807, 2.05) is 0 Å². The van der Waals surface area contributed by atoms with Gasteiger partial charge in [-0.1, -0.05) is 5.21 Å². The average Bonchev–Trinajstić information content (AvgIpc) is 3.07. The fourth-order valence-corrected chi connectivity index (χ4v) is 2.63. The van der Waals surface area contributed by atoms with Crippen LogP contribution in [-0.4, -0.2) is 49.4 Å². The summed E-state index contributed by atoms with van der Waals surface area (Å²) in [7, 11) is -3.46. The van der Waals surface area contributed by atoms with Crippen LogP contribution in [0.25, 0.3) is 11.0 Å². The van der Waals surface area contributed by atoms with Crippen molar-refractivity contribution in [1.82, 2.24) is 15.0 Å². The highest BCUT2D eigenvalue weighted by atomic mass is 32.2. The van der Waals surface area contributed by atoms with Crippen LogP contribution in [0.3, 0.4) is 0 Å². The monoisotopic (exact) mass is 327 g/mol. The number of hydrogen-bond acceptors (Lipinski definition) is 8. The maximum Gasteiger partial charge on any atom is 0.264 e. The molecule has 1 aliphatic rings. The van der Waals surface area contributed by atoms with Gasteiger partial charge in [0.15, 0.2) is 17.8 Å². The van der Waals surface area contributed by atoms with Gasteiger partial charge in [0.25, 0.3) is 10.1 Å². The van der Waals surface area contributed by atoms with E-state index in [1.54, 1.807) is 10.7 Å². The molecule has 1 aromatic carbocycles. The molecule has 0 N–H and O–H groups in total. The van der Waals surface area contributed by atoms with E-state index in [0.29, 0.717) is 47.3 Å². The summed E-state index contributed by atoms with van der Waals surface area (Å²) < 4.78 is 38.8. The van der Waals surface area contributed by atoms with Crippen molar-refractivity contribution in [2.45, 2.75) is 13.0 Å². The largest absolute Gasteiger partial charge is 0.453 e. The topological polar surface area (TPSA) is 110 Å². The van der Waals surface area contributed by atoms with E-state index < -0.39 is 10.1 Å². The van der Waals surface area contributed by atoms with Gasteiger partial charge >= 0.3 is 0 Å². The Balaban J connectivity index is 1.86. The minimum Gasteiger partial charge on any atom is -0.453 e. The van der Waals surface area contributed by atoms with Gasteiger partial charge in [0.05, 0.1) is 18.4 Å². The van der Waals surface area contributed by atoms with Crippen molar-refractivity contribution in [2.75, 3.05) is 19.7 Å². The Morgan fingerprint density at radius 3 is 2.91 bits per heavy atom. The van der Waals surface area contributed by atoms with Gasteiger partial charge in [-0.25, -0.2) is 4.68 Å². The van der Waals surface area contributed by atoms with E-state index in [4.69, 9.17) is 9.47 Å². The second-order valence-corrected chi connectivity index (χ2v) is 6.35. The third-order valence-corrected chi connectivity index (χ3v) is 3.68. The third-order valence-electron chi connectivity index (χ3n) is 3.08. The normalized spacial score (nSPS) is 13.7.